The zero-order valence-electron chi connectivity index (χ0n) is 9.28. The molecule has 0 heterocycles. The van der Waals surface area contributed by atoms with Crippen LogP contribution in [0.3, 0.4) is 0 Å². The minimum atomic E-state index is -5.10. The number of nitrogens with one attached hydrogen (secondary N) is 1. The molecule has 1 aromatic carbocycles. The number of halogens is 6. The fourth-order valence-electron chi connectivity index (χ4n) is 0.995. The molecule has 1 aromatic rings. The van der Waals surface area contributed by atoms with Crippen molar-refractivity contribution in [2.45, 2.75) is 18.7 Å². The Labute approximate surface area is 130 Å². The van der Waals surface area contributed by atoms with Crippen LogP contribution >= 0.6 is 45.8 Å². The van der Waals surface area contributed by atoms with E-state index in [4.69, 9.17) is 23.2 Å². The number of alkyl halides is 3. The average molecular weight is 428 g/mol. The molecule has 0 saturated heterocycles. The first-order valence-corrected chi connectivity index (χ1v) is 6.56. The summed E-state index contributed by atoms with van der Waals surface area (Å²) in [5, 5.41) is 11.1. The van der Waals surface area contributed by atoms with Crippen LogP contribution in [0, 0.1) is 3.57 Å². The van der Waals surface area contributed by atoms with Crippen LogP contribution in [0.1, 0.15) is 6.92 Å². The minimum Gasteiger partial charge on any atom is -0.373 e. The van der Waals surface area contributed by atoms with E-state index in [1.807, 2.05) is 27.9 Å². The molecule has 9 heteroatoms. The molecular weight excluding hydrogens is 421 g/mol. The van der Waals surface area contributed by atoms with Crippen LogP contribution in [0.15, 0.2) is 12.1 Å². The summed E-state index contributed by atoms with van der Waals surface area (Å²) in [5.41, 5.74) is -3.63. The lowest BCUT2D eigenvalue weighted by Gasteiger charge is -2.25. The molecule has 0 aromatic heterocycles. The van der Waals surface area contributed by atoms with Crippen LogP contribution in [-0.2, 0) is 4.79 Å². The van der Waals surface area contributed by atoms with Gasteiger partial charge in [0.15, 0.2) is 0 Å². The van der Waals surface area contributed by atoms with Crippen LogP contribution in [0.4, 0.5) is 18.9 Å². The molecule has 0 aliphatic rings. The molecule has 0 radical (unpaired) electrons. The van der Waals surface area contributed by atoms with E-state index in [-0.39, 0.29) is 15.7 Å². The number of hydrogen-bond donors (Lipinski definition) is 2. The van der Waals surface area contributed by atoms with Crippen molar-refractivity contribution in [2.75, 3.05) is 5.32 Å². The maximum atomic E-state index is 12.5. The first-order chi connectivity index (χ1) is 8.48. The van der Waals surface area contributed by atoms with Crippen molar-refractivity contribution < 1.29 is 23.1 Å². The van der Waals surface area contributed by atoms with Gasteiger partial charge in [-0.15, -0.1) is 0 Å². The monoisotopic (exact) mass is 427 g/mol. The van der Waals surface area contributed by atoms with Crippen molar-refractivity contribution in [3.63, 3.8) is 0 Å². The predicted molar refractivity (Wildman–Crippen MR) is 74.5 cm³/mol. The van der Waals surface area contributed by atoms with Gasteiger partial charge in [0.1, 0.15) is 0 Å². The topological polar surface area (TPSA) is 49.3 Å². The number of carbonyl (C=O) groups is 1. The summed E-state index contributed by atoms with van der Waals surface area (Å²) >= 11 is 13.5. The van der Waals surface area contributed by atoms with E-state index >= 15 is 0 Å². The highest BCUT2D eigenvalue weighted by Gasteiger charge is 2.55. The third kappa shape index (κ3) is 3.45. The van der Waals surface area contributed by atoms with Gasteiger partial charge < -0.3 is 10.4 Å². The third-order valence-corrected chi connectivity index (χ3v) is 4.38. The van der Waals surface area contributed by atoms with Gasteiger partial charge in [0, 0.05) is 3.57 Å². The van der Waals surface area contributed by atoms with Crippen molar-refractivity contribution in [3.8, 4) is 0 Å². The van der Waals surface area contributed by atoms with Crippen LogP contribution in [0.25, 0.3) is 0 Å². The second-order valence-electron chi connectivity index (χ2n) is 3.75. The average Bonchev–Trinajstić information content (AvgIpc) is 2.28. The highest BCUT2D eigenvalue weighted by molar-refractivity contribution is 14.1. The number of benzene rings is 1. The number of amides is 1. The van der Waals surface area contributed by atoms with E-state index < -0.39 is 17.7 Å². The first kappa shape index (κ1) is 16.8. The predicted octanol–water partition coefficient (Wildman–Crippen LogP) is 3.85. The molecule has 1 rings (SSSR count). The number of carbonyl (C=O) groups excluding carboxylic acids is 1. The summed E-state index contributed by atoms with van der Waals surface area (Å²) in [6, 6.07) is 2.76. The molecule has 1 atom stereocenters. The van der Waals surface area contributed by atoms with Gasteiger partial charge in [0.05, 0.1) is 15.7 Å². The van der Waals surface area contributed by atoms with E-state index in [0.29, 0.717) is 10.5 Å². The van der Waals surface area contributed by atoms with Crippen LogP contribution in [0.2, 0.25) is 10.0 Å². The largest absolute Gasteiger partial charge is 0.426 e. The van der Waals surface area contributed by atoms with Crippen LogP contribution in [-0.4, -0.2) is 22.8 Å². The Morgan fingerprint density at radius 3 is 2.32 bits per heavy atom. The summed E-state index contributed by atoms with van der Waals surface area (Å²) < 4.78 is 38.0. The van der Waals surface area contributed by atoms with Gasteiger partial charge >= 0.3 is 6.18 Å². The lowest BCUT2D eigenvalue weighted by atomic mass is 10.1. The van der Waals surface area contributed by atoms with Crippen LogP contribution < -0.4 is 5.32 Å². The molecule has 0 spiro atoms. The van der Waals surface area contributed by atoms with Gasteiger partial charge in [-0.05, 0) is 41.6 Å². The Bertz CT molecular complexity index is 520. The molecule has 0 saturated carbocycles. The zero-order valence-corrected chi connectivity index (χ0v) is 12.9. The molecule has 0 aliphatic carbocycles. The molecule has 1 unspecified atom stereocenters. The summed E-state index contributed by atoms with van der Waals surface area (Å²) in [5.74, 6) is -1.64. The molecule has 106 valence electrons. The van der Waals surface area contributed by atoms with Crippen molar-refractivity contribution in [1.29, 1.82) is 0 Å². The normalized spacial score (nSPS) is 14.9. The number of hydrogen-bond acceptors (Lipinski definition) is 2. The van der Waals surface area contributed by atoms with Gasteiger partial charge in [-0.1, -0.05) is 23.2 Å². The molecule has 2 N–H and O–H groups in total. The van der Waals surface area contributed by atoms with Gasteiger partial charge in [-0.25, -0.2) is 0 Å². The fourth-order valence-corrected chi connectivity index (χ4v) is 1.98. The molecule has 19 heavy (non-hydrogen) atoms. The number of rotatable bonds is 2. The van der Waals surface area contributed by atoms with E-state index in [1.165, 1.54) is 12.1 Å². The molecule has 3 nitrogen and oxygen atoms in total. The number of aliphatic hydroxyl groups is 1. The van der Waals surface area contributed by atoms with Crippen molar-refractivity contribution in [2.24, 2.45) is 0 Å². The Morgan fingerprint density at radius 1 is 1.32 bits per heavy atom. The highest BCUT2D eigenvalue weighted by Crippen LogP contribution is 2.36. The Balaban J connectivity index is 3.05. The standard InChI is InChI=1S/C10H7Cl2F3INO2/c1-9(19,10(13,14)15)8(18)17-5-3-2-4(16)6(11)7(5)12/h2-3,19H,1H3,(H,17,18). The molecular formula is C10H7Cl2F3INO2. The second kappa shape index (κ2) is 5.63. The summed E-state index contributed by atoms with van der Waals surface area (Å²) in [7, 11) is 0. The quantitative estimate of drug-likeness (QED) is 0.556. The lowest BCUT2D eigenvalue weighted by molar-refractivity contribution is -0.242. The molecule has 1 amide bonds. The van der Waals surface area contributed by atoms with Crippen molar-refractivity contribution in [1.82, 2.24) is 0 Å². The fraction of sp³-hybridized carbons (Fsp3) is 0.300. The maximum absolute atomic E-state index is 12.5. The zero-order chi connectivity index (χ0) is 15.0. The molecule has 0 fully saturated rings. The van der Waals surface area contributed by atoms with E-state index in [0.717, 1.165) is 0 Å². The minimum absolute atomic E-state index is 0.0973. The molecule has 0 aliphatic heterocycles. The second-order valence-corrected chi connectivity index (χ2v) is 5.67. The molecule has 0 bridgehead atoms. The van der Waals surface area contributed by atoms with Gasteiger partial charge in [0.2, 0.25) is 5.60 Å². The van der Waals surface area contributed by atoms with Crippen molar-refractivity contribution >= 4 is 57.4 Å². The summed E-state index contributed by atoms with van der Waals surface area (Å²) in [6.45, 7) is 0.352. The van der Waals surface area contributed by atoms with Gasteiger partial charge in [-0.3, -0.25) is 4.79 Å². The van der Waals surface area contributed by atoms with Gasteiger partial charge in [0.25, 0.3) is 5.91 Å². The summed E-state index contributed by atoms with van der Waals surface area (Å²) in [4.78, 5) is 11.4. The Kier molecular flexibility index (Phi) is 4.98. The Hall–Kier alpha value is -0.250. The first-order valence-electron chi connectivity index (χ1n) is 4.72. The highest BCUT2D eigenvalue weighted by atomic mass is 127. The number of anilines is 1. The summed E-state index contributed by atoms with van der Waals surface area (Å²) in [6.07, 6.45) is -5.10. The van der Waals surface area contributed by atoms with E-state index in [1.54, 1.807) is 0 Å². The Morgan fingerprint density at radius 2 is 1.84 bits per heavy atom. The van der Waals surface area contributed by atoms with E-state index in [2.05, 4.69) is 0 Å². The SMILES string of the molecule is CC(O)(C(=O)Nc1ccc(I)c(Cl)c1Cl)C(F)(F)F. The lowest BCUT2D eigenvalue weighted by Crippen LogP contribution is -2.52. The van der Waals surface area contributed by atoms with E-state index in [9.17, 15) is 23.1 Å². The third-order valence-electron chi connectivity index (χ3n) is 2.28. The maximum Gasteiger partial charge on any atom is 0.426 e. The smallest absolute Gasteiger partial charge is 0.373 e. The van der Waals surface area contributed by atoms with Crippen LogP contribution in [0.5, 0.6) is 0 Å². The van der Waals surface area contributed by atoms with Crippen molar-refractivity contribution in [3.05, 3.63) is 25.7 Å². The van der Waals surface area contributed by atoms with Gasteiger partial charge in [-0.2, -0.15) is 13.2 Å².